The van der Waals surface area contributed by atoms with Gasteiger partial charge < -0.3 is 15.6 Å². The van der Waals surface area contributed by atoms with Crippen molar-refractivity contribution in [1.29, 1.82) is 0 Å². The van der Waals surface area contributed by atoms with Crippen LogP contribution >= 0.6 is 10.6 Å². The third kappa shape index (κ3) is 0.818. The summed E-state index contributed by atoms with van der Waals surface area (Å²) in [5, 5.41) is 31.1. The Labute approximate surface area is 58.1 Å². The zero-order valence-corrected chi connectivity index (χ0v) is 5.78. The first-order valence-electron chi connectivity index (χ1n) is 2.13. The molecule has 2 N–H and O–H groups in total. The molecule has 0 unspecified atom stereocenters. The van der Waals surface area contributed by atoms with E-state index in [1.165, 1.54) is 0 Å². The summed E-state index contributed by atoms with van der Waals surface area (Å²) in [6.07, 6.45) is 1.11. The van der Waals surface area contributed by atoms with Gasteiger partial charge in [0.25, 0.3) is 0 Å². The second kappa shape index (κ2) is 2.27. The first kappa shape index (κ1) is 8.13. The fourth-order valence-corrected chi connectivity index (χ4v) is 1.00. The summed E-state index contributed by atoms with van der Waals surface area (Å²) in [7, 11) is -2.82. The lowest BCUT2D eigenvalue weighted by molar-refractivity contribution is -0.240. The smallest absolute Gasteiger partial charge is 0.00584 e. The van der Waals surface area contributed by atoms with Crippen LogP contribution < -0.4 is 5.84 Å². The molecule has 1 fully saturated rings. The molecule has 0 bridgehead atoms. The summed E-state index contributed by atoms with van der Waals surface area (Å²) in [5.41, 5.74) is 0. The molecular formula is CH5N4O4S-3. The van der Waals surface area contributed by atoms with Crippen LogP contribution in [0.4, 0.5) is 0 Å². The summed E-state index contributed by atoms with van der Waals surface area (Å²) < 4.78 is -0.406. The molecule has 0 amide bonds. The maximum atomic E-state index is 10.4. The van der Waals surface area contributed by atoms with Crippen LogP contribution in [0.25, 0.3) is 0 Å². The van der Waals surface area contributed by atoms with Gasteiger partial charge in [-0.05, 0) is 10.6 Å². The Morgan fingerprint density at radius 1 is 1.50 bits per heavy atom. The normalized spacial score (nSPS) is 30.2. The molecule has 1 heterocycles. The van der Waals surface area contributed by atoms with Gasteiger partial charge in [-0.2, -0.15) is 9.26 Å². The van der Waals surface area contributed by atoms with Gasteiger partial charge in [0.05, 0.1) is 0 Å². The van der Waals surface area contributed by atoms with Crippen molar-refractivity contribution in [3.05, 3.63) is 15.6 Å². The Morgan fingerprint density at radius 3 is 2.00 bits per heavy atom. The van der Waals surface area contributed by atoms with Gasteiger partial charge in [-0.1, -0.05) is 0 Å². The van der Waals surface area contributed by atoms with Crippen molar-refractivity contribution in [1.82, 2.24) is 13.8 Å². The summed E-state index contributed by atoms with van der Waals surface area (Å²) in [6.45, 7) is 0. The van der Waals surface area contributed by atoms with Crippen molar-refractivity contribution >= 4 is 10.6 Å². The van der Waals surface area contributed by atoms with E-state index in [0.29, 0.717) is 0 Å². The summed E-state index contributed by atoms with van der Waals surface area (Å²) in [6, 6.07) is 0. The molecule has 0 aromatic heterocycles. The van der Waals surface area contributed by atoms with Gasteiger partial charge in [-0.25, -0.2) is 4.94 Å². The van der Waals surface area contributed by atoms with Crippen molar-refractivity contribution in [2.75, 3.05) is 6.26 Å². The van der Waals surface area contributed by atoms with E-state index in [4.69, 9.17) is 0 Å². The van der Waals surface area contributed by atoms with Crippen LogP contribution in [0.5, 0.6) is 0 Å². The third-order valence-corrected chi connectivity index (χ3v) is 2.98. The topological polar surface area (TPSA) is 114 Å². The Balaban J connectivity index is 2.66. The summed E-state index contributed by atoms with van der Waals surface area (Å²) in [5.74, 6) is 4.66. The van der Waals surface area contributed by atoms with Crippen molar-refractivity contribution in [3.8, 4) is 0 Å². The van der Waals surface area contributed by atoms with Gasteiger partial charge in [0.2, 0.25) is 0 Å². The molecule has 0 spiro atoms. The van der Waals surface area contributed by atoms with Gasteiger partial charge in [0.15, 0.2) is 0 Å². The average molecular weight is 169 g/mol. The quantitative estimate of drug-likeness (QED) is 0.404. The number of rotatable bonds is 1. The van der Waals surface area contributed by atoms with Crippen LogP contribution in [0.3, 0.4) is 0 Å². The molecular weight excluding hydrogens is 164 g/mol. The average Bonchev–Trinajstić information content (AvgIpc) is 1.86. The third-order valence-electron chi connectivity index (χ3n) is 1.04. The minimum atomic E-state index is -2.82. The van der Waals surface area contributed by atoms with Crippen LogP contribution in [0.15, 0.2) is 0 Å². The maximum absolute atomic E-state index is 10.4. The Morgan fingerprint density at radius 2 is 1.90 bits per heavy atom. The van der Waals surface area contributed by atoms with E-state index in [1.54, 1.807) is 0 Å². The lowest BCUT2D eigenvalue weighted by Gasteiger charge is -2.71. The monoisotopic (exact) mass is 169 g/mol. The molecule has 0 aromatic rings. The number of nitrogens with two attached hydrogens (primary N) is 1. The molecule has 0 radical (unpaired) electrons. The molecule has 8 nitrogen and oxygen atoms in total. The van der Waals surface area contributed by atoms with Gasteiger partial charge in [0, 0.05) is 6.26 Å². The van der Waals surface area contributed by atoms with Crippen LogP contribution in [0.2, 0.25) is 0 Å². The highest BCUT2D eigenvalue weighted by atomic mass is 32.3. The largest absolute Gasteiger partial charge is 0.761 e. The number of hydrazine groups is 1. The lowest BCUT2D eigenvalue weighted by Crippen LogP contribution is -2.55. The Kier molecular flexibility index (Phi) is 1.84. The zero-order valence-electron chi connectivity index (χ0n) is 4.96. The van der Waals surface area contributed by atoms with Crippen LogP contribution in [0.1, 0.15) is 0 Å². The SMILES string of the molecule is CS1(N(N)[O-])N([O-])ON1[O-]. The number of nitrogens with zero attached hydrogens (tertiary/aromatic N) is 3. The van der Waals surface area contributed by atoms with Crippen molar-refractivity contribution in [3.63, 3.8) is 0 Å². The molecule has 0 saturated carbocycles. The standard InChI is InChI=1S/CH5N4O4S/c1-10(3(2)6)4(7)9-5(10)8/h2H2,1H3/q-3. The van der Waals surface area contributed by atoms with Gasteiger partial charge in [-0.15, -0.1) is 0 Å². The molecule has 9 heteroatoms. The maximum Gasteiger partial charge on any atom is 0.00584 e. The molecule has 1 aliphatic heterocycles. The second-order valence-corrected chi connectivity index (χ2v) is 4.15. The highest BCUT2D eigenvalue weighted by Crippen LogP contribution is 2.59. The van der Waals surface area contributed by atoms with E-state index in [9.17, 15) is 15.6 Å². The van der Waals surface area contributed by atoms with Crippen molar-refractivity contribution in [2.24, 2.45) is 5.84 Å². The zero-order chi connectivity index (χ0) is 7.94. The van der Waals surface area contributed by atoms with E-state index in [-0.39, 0.29) is 13.8 Å². The molecule has 1 rings (SSSR count). The van der Waals surface area contributed by atoms with Gasteiger partial charge >= 0.3 is 0 Å². The number of hydrogen-bond acceptors (Lipinski definition) is 8. The summed E-state index contributed by atoms with van der Waals surface area (Å²) >= 11 is 0. The minimum absolute atomic E-state index is 0.104. The Hall–Kier alpha value is 0.0300. The lowest BCUT2D eigenvalue weighted by atomic mass is 12.0. The molecule has 1 saturated heterocycles. The second-order valence-electron chi connectivity index (χ2n) is 1.61. The molecule has 1 aliphatic rings. The highest BCUT2D eigenvalue weighted by Gasteiger charge is 2.34. The van der Waals surface area contributed by atoms with Gasteiger partial charge in [0.1, 0.15) is 0 Å². The van der Waals surface area contributed by atoms with E-state index in [0.717, 1.165) is 6.26 Å². The highest BCUT2D eigenvalue weighted by molar-refractivity contribution is 8.27. The molecule has 0 aliphatic carbocycles. The molecule has 0 aromatic carbocycles. The van der Waals surface area contributed by atoms with Crippen molar-refractivity contribution < 1.29 is 4.94 Å². The van der Waals surface area contributed by atoms with Crippen LogP contribution in [-0.2, 0) is 4.94 Å². The first-order chi connectivity index (χ1) is 4.49. The van der Waals surface area contributed by atoms with E-state index in [1.807, 2.05) is 0 Å². The predicted molar refractivity (Wildman–Crippen MR) is 34.4 cm³/mol. The Bertz CT molecular complexity index is 124. The van der Waals surface area contributed by atoms with Crippen LogP contribution in [0, 0.1) is 15.6 Å². The molecule has 0 atom stereocenters. The van der Waals surface area contributed by atoms with Crippen LogP contribution in [-0.4, -0.2) is 20.1 Å². The van der Waals surface area contributed by atoms with E-state index >= 15 is 0 Å². The van der Waals surface area contributed by atoms with Gasteiger partial charge in [-0.3, -0.25) is 10.4 Å². The minimum Gasteiger partial charge on any atom is -0.761 e. The predicted octanol–water partition coefficient (Wildman–Crippen LogP) is -0.701. The first-order valence-corrected chi connectivity index (χ1v) is 4.04. The van der Waals surface area contributed by atoms with Crippen molar-refractivity contribution in [2.45, 2.75) is 0 Å². The fourth-order valence-electron chi connectivity index (χ4n) is 0.343. The molecule has 62 valence electrons. The van der Waals surface area contributed by atoms with E-state index in [2.05, 4.69) is 10.8 Å². The van der Waals surface area contributed by atoms with E-state index < -0.39 is 10.6 Å². The fraction of sp³-hybridized carbons (Fsp3) is 1.00. The molecule has 10 heavy (non-hydrogen) atoms. The summed E-state index contributed by atoms with van der Waals surface area (Å²) in [4.78, 5) is 3.79. The number of hydrogen-bond donors (Lipinski definition) is 1.